The molecule has 185 valence electrons. The van der Waals surface area contributed by atoms with Gasteiger partial charge in [0.1, 0.15) is 0 Å². The van der Waals surface area contributed by atoms with Crippen LogP contribution in [0.3, 0.4) is 0 Å². The minimum Gasteiger partial charge on any atom is -0.490 e. The van der Waals surface area contributed by atoms with Gasteiger partial charge in [0.15, 0.2) is 11.5 Å². The molecule has 1 radical (unpaired) electrons. The largest absolute Gasteiger partial charge is 0.490 e. The quantitative estimate of drug-likeness (QED) is 0.115. The molecule has 0 unspecified atom stereocenters. The van der Waals surface area contributed by atoms with Crippen LogP contribution < -0.4 is 9.47 Å². The third-order valence-electron chi connectivity index (χ3n) is 6.02. The summed E-state index contributed by atoms with van der Waals surface area (Å²) in [5.74, 6) is 1.65. The summed E-state index contributed by atoms with van der Waals surface area (Å²) < 4.78 is 12.3. The number of ether oxygens (including phenoxy) is 2. The standard InChI is InChI=1S/C31H34NO2.Ir/c1-3-5-9-20-33-29-17-16-26(23-30(29)34-21-10-6-4-2)25-13-11-14-27(22-25)31-28-15-8-7-12-24(28)18-19-32-31;/h7-8,11-13,15-19,22-23H,3-6,9-10,20-21H2,1-2H3;/q-1;. The maximum atomic E-state index is 6.19. The van der Waals surface area contributed by atoms with Crippen molar-refractivity contribution in [3.63, 3.8) is 0 Å². The summed E-state index contributed by atoms with van der Waals surface area (Å²) in [6.45, 7) is 5.83. The van der Waals surface area contributed by atoms with Gasteiger partial charge in [-0.3, -0.25) is 0 Å². The molecule has 0 aliphatic heterocycles. The van der Waals surface area contributed by atoms with E-state index in [1.54, 1.807) is 0 Å². The molecule has 0 fully saturated rings. The molecule has 4 heteroatoms. The molecule has 4 aromatic rings. The molecular formula is C31H34IrNO2-. The molecule has 3 aromatic carbocycles. The Morgan fingerprint density at radius 1 is 0.743 bits per heavy atom. The van der Waals surface area contributed by atoms with Crippen LogP contribution in [0.2, 0.25) is 0 Å². The summed E-state index contributed by atoms with van der Waals surface area (Å²) in [7, 11) is 0. The van der Waals surface area contributed by atoms with Gasteiger partial charge in [-0.2, -0.15) is 0 Å². The summed E-state index contributed by atoms with van der Waals surface area (Å²) in [6.07, 6.45) is 8.68. The van der Waals surface area contributed by atoms with Crippen LogP contribution >= 0.6 is 0 Å². The van der Waals surface area contributed by atoms with Crippen molar-refractivity contribution in [3.8, 4) is 33.9 Å². The molecule has 3 nitrogen and oxygen atoms in total. The van der Waals surface area contributed by atoms with Gasteiger partial charge < -0.3 is 14.5 Å². The number of fused-ring (bicyclic) bond motifs is 1. The van der Waals surface area contributed by atoms with Crippen LogP contribution in [0.4, 0.5) is 0 Å². The van der Waals surface area contributed by atoms with Crippen molar-refractivity contribution in [2.75, 3.05) is 13.2 Å². The van der Waals surface area contributed by atoms with Gasteiger partial charge in [0.25, 0.3) is 0 Å². The van der Waals surface area contributed by atoms with E-state index in [0.29, 0.717) is 6.61 Å². The van der Waals surface area contributed by atoms with E-state index >= 15 is 0 Å². The van der Waals surface area contributed by atoms with Crippen LogP contribution in [0.1, 0.15) is 52.4 Å². The third-order valence-corrected chi connectivity index (χ3v) is 6.02. The van der Waals surface area contributed by atoms with Gasteiger partial charge in [-0.15, -0.1) is 35.4 Å². The Balaban J connectivity index is 0.00000342. The molecule has 35 heavy (non-hydrogen) atoms. The topological polar surface area (TPSA) is 31.4 Å². The zero-order valence-electron chi connectivity index (χ0n) is 20.7. The normalized spacial score (nSPS) is 10.7. The summed E-state index contributed by atoms with van der Waals surface area (Å²) >= 11 is 0. The van der Waals surface area contributed by atoms with Crippen molar-refractivity contribution in [2.24, 2.45) is 0 Å². The molecule has 0 aliphatic rings. The smallest absolute Gasteiger partial charge is 0.161 e. The second kappa shape index (κ2) is 14.0. The minimum absolute atomic E-state index is 0. The molecule has 0 bridgehead atoms. The van der Waals surface area contributed by atoms with Crippen LogP contribution in [-0.2, 0) is 20.1 Å². The molecule has 0 saturated heterocycles. The monoisotopic (exact) mass is 645 g/mol. The van der Waals surface area contributed by atoms with Crippen LogP contribution in [0, 0.1) is 6.07 Å². The molecular weight excluding hydrogens is 611 g/mol. The van der Waals surface area contributed by atoms with Crippen molar-refractivity contribution in [2.45, 2.75) is 52.4 Å². The number of hydrogen-bond donors (Lipinski definition) is 0. The Morgan fingerprint density at radius 2 is 1.46 bits per heavy atom. The molecule has 0 aliphatic carbocycles. The number of unbranched alkanes of at least 4 members (excludes halogenated alkanes) is 4. The zero-order valence-corrected chi connectivity index (χ0v) is 23.1. The Kier molecular flexibility index (Phi) is 10.8. The molecule has 0 N–H and O–H groups in total. The molecule has 1 heterocycles. The van der Waals surface area contributed by atoms with Gasteiger partial charge in [0.2, 0.25) is 0 Å². The second-order valence-electron chi connectivity index (χ2n) is 8.64. The van der Waals surface area contributed by atoms with Crippen molar-refractivity contribution in [1.82, 2.24) is 4.98 Å². The fourth-order valence-corrected chi connectivity index (χ4v) is 4.11. The minimum atomic E-state index is 0. The first-order valence-electron chi connectivity index (χ1n) is 12.6. The Labute approximate surface area is 223 Å². The van der Waals surface area contributed by atoms with E-state index in [4.69, 9.17) is 9.47 Å². The first-order chi connectivity index (χ1) is 16.8. The van der Waals surface area contributed by atoms with E-state index < -0.39 is 0 Å². The second-order valence-corrected chi connectivity index (χ2v) is 8.64. The SMILES string of the molecule is CCCCCOc1ccc(-c2cc[c-]c(-c3nccc4ccccc34)c2)cc1OCCCCC.[Ir]. The number of aromatic nitrogens is 1. The number of benzene rings is 3. The third kappa shape index (κ3) is 7.16. The number of nitrogens with zero attached hydrogens (tertiary/aromatic N) is 1. The van der Waals surface area contributed by atoms with E-state index in [1.165, 1.54) is 31.1 Å². The maximum absolute atomic E-state index is 6.19. The van der Waals surface area contributed by atoms with Crippen LogP contribution in [0.5, 0.6) is 11.5 Å². The van der Waals surface area contributed by atoms with Gasteiger partial charge in [0, 0.05) is 26.3 Å². The average Bonchev–Trinajstić information content (AvgIpc) is 2.89. The first-order valence-corrected chi connectivity index (χ1v) is 12.6. The fourth-order valence-electron chi connectivity index (χ4n) is 4.11. The first kappa shape index (κ1) is 26.9. The van der Waals surface area contributed by atoms with Crippen molar-refractivity contribution < 1.29 is 29.6 Å². The van der Waals surface area contributed by atoms with Crippen LogP contribution in [0.15, 0.2) is 72.9 Å². The Morgan fingerprint density at radius 3 is 2.23 bits per heavy atom. The van der Waals surface area contributed by atoms with Gasteiger partial charge >= 0.3 is 0 Å². The fraction of sp³-hybridized carbons (Fsp3) is 0.323. The zero-order chi connectivity index (χ0) is 23.6. The summed E-state index contributed by atoms with van der Waals surface area (Å²) in [5, 5.41) is 2.31. The van der Waals surface area contributed by atoms with Gasteiger partial charge in [0.05, 0.1) is 13.2 Å². The summed E-state index contributed by atoms with van der Waals surface area (Å²) in [6, 6.07) is 26.3. The average molecular weight is 645 g/mol. The molecule has 0 spiro atoms. The Bertz CT molecular complexity index is 1200. The molecule has 0 saturated carbocycles. The number of pyridine rings is 1. The Hall–Kier alpha value is -2.68. The molecule has 0 amide bonds. The van der Waals surface area contributed by atoms with E-state index in [9.17, 15) is 0 Å². The van der Waals surface area contributed by atoms with Gasteiger partial charge in [-0.25, -0.2) is 0 Å². The number of hydrogen-bond acceptors (Lipinski definition) is 3. The van der Waals surface area contributed by atoms with E-state index in [0.717, 1.165) is 58.7 Å². The molecule has 1 aromatic heterocycles. The number of rotatable bonds is 12. The summed E-state index contributed by atoms with van der Waals surface area (Å²) in [5.41, 5.74) is 4.15. The van der Waals surface area contributed by atoms with Gasteiger partial charge in [-0.1, -0.05) is 69.9 Å². The summed E-state index contributed by atoms with van der Waals surface area (Å²) in [4.78, 5) is 4.67. The predicted molar refractivity (Wildman–Crippen MR) is 141 cm³/mol. The van der Waals surface area contributed by atoms with Crippen molar-refractivity contribution in [1.29, 1.82) is 0 Å². The van der Waals surface area contributed by atoms with E-state index in [1.807, 2.05) is 24.4 Å². The predicted octanol–water partition coefficient (Wildman–Crippen LogP) is 8.50. The van der Waals surface area contributed by atoms with Crippen LogP contribution in [0.25, 0.3) is 33.2 Å². The van der Waals surface area contributed by atoms with Gasteiger partial charge in [-0.05, 0) is 53.1 Å². The molecule has 4 rings (SSSR count). The van der Waals surface area contributed by atoms with Crippen molar-refractivity contribution in [3.05, 3.63) is 79.0 Å². The van der Waals surface area contributed by atoms with E-state index in [-0.39, 0.29) is 20.1 Å². The van der Waals surface area contributed by atoms with E-state index in [2.05, 4.69) is 73.4 Å². The molecule has 0 atom stereocenters. The van der Waals surface area contributed by atoms with Crippen LogP contribution in [-0.4, -0.2) is 18.2 Å². The van der Waals surface area contributed by atoms with Crippen molar-refractivity contribution >= 4 is 10.8 Å². The maximum Gasteiger partial charge on any atom is 0.161 e.